The number of amides is 1. The van der Waals surface area contributed by atoms with Crippen molar-refractivity contribution in [3.8, 4) is 5.75 Å². The second-order valence-corrected chi connectivity index (χ2v) is 5.46. The van der Waals surface area contributed by atoms with Gasteiger partial charge in [-0.15, -0.1) is 0 Å². The Morgan fingerprint density at radius 2 is 1.76 bits per heavy atom. The molecular formula is C18H17NO2. The summed E-state index contributed by atoms with van der Waals surface area (Å²) in [5.41, 5.74) is 8.11. The monoisotopic (exact) mass is 279 g/mol. The van der Waals surface area contributed by atoms with Gasteiger partial charge < -0.3 is 10.5 Å². The van der Waals surface area contributed by atoms with Gasteiger partial charge in [-0.3, -0.25) is 4.79 Å². The van der Waals surface area contributed by atoms with Crippen LogP contribution in [0.3, 0.4) is 0 Å². The van der Waals surface area contributed by atoms with Crippen molar-refractivity contribution in [2.24, 2.45) is 5.73 Å². The van der Waals surface area contributed by atoms with E-state index in [-0.39, 0.29) is 0 Å². The fraction of sp³-hybridized carbons (Fsp3) is 0.167. The Balaban J connectivity index is 2.17. The molecule has 2 N–H and O–H groups in total. The highest BCUT2D eigenvalue weighted by molar-refractivity contribution is 6.00. The molecule has 0 saturated heterocycles. The zero-order chi connectivity index (χ0) is 15.0. The smallest absolute Gasteiger partial charge is 0.249 e. The van der Waals surface area contributed by atoms with Crippen LogP contribution < -0.4 is 10.5 Å². The number of ether oxygens (including phenoxy) is 1. The molecule has 21 heavy (non-hydrogen) atoms. The number of carbonyl (C=O) groups excluding carboxylic acids is 1. The Morgan fingerprint density at radius 3 is 2.43 bits per heavy atom. The van der Waals surface area contributed by atoms with Gasteiger partial charge in [0.1, 0.15) is 5.75 Å². The van der Waals surface area contributed by atoms with Crippen molar-refractivity contribution >= 4 is 12.0 Å². The number of hydrogen-bond donors (Lipinski definition) is 1. The lowest BCUT2D eigenvalue weighted by atomic mass is 9.83. The van der Waals surface area contributed by atoms with E-state index in [0.717, 1.165) is 22.4 Å². The van der Waals surface area contributed by atoms with Crippen LogP contribution in [-0.2, 0) is 10.4 Å². The molecular weight excluding hydrogens is 262 g/mol. The van der Waals surface area contributed by atoms with Crippen LogP contribution in [0.25, 0.3) is 6.08 Å². The van der Waals surface area contributed by atoms with Crippen LogP contribution in [0, 0.1) is 6.92 Å². The standard InChI is InChI=1S/C18H17NO2/c1-12-7-9-14(10-8-12)18(2)15(17(19)20)11-13-5-3-4-6-16(13)21-18/h3-11H,1-2H3,(H2,19,20). The quantitative estimate of drug-likeness (QED) is 0.918. The first-order chi connectivity index (χ1) is 10.0. The first kappa shape index (κ1) is 13.4. The van der Waals surface area contributed by atoms with E-state index in [1.54, 1.807) is 0 Å². The van der Waals surface area contributed by atoms with Gasteiger partial charge in [0.2, 0.25) is 5.91 Å². The number of carbonyl (C=O) groups is 1. The molecule has 0 aromatic heterocycles. The molecule has 2 aromatic carbocycles. The van der Waals surface area contributed by atoms with Crippen molar-refractivity contribution in [1.29, 1.82) is 0 Å². The number of benzene rings is 2. The number of fused-ring (bicyclic) bond motifs is 1. The first-order valence-electron chi connectivity index (χ1n) is 6.88. The molecule has 1 unspecified atom stereocenters. The van der Waals surface area contributed by atoms with Crippen LogP contribution in [0.2, 0.25) is 0 Å². The first-order valence-corrected chi connectivity index (χ1v) is 6.88. The Hall–Kier alpha value is -2.55. The minimum absolute atomic E-state index is 0.463. The third-order valence-corrected chi connectivity index (χ3v) is 3.91. The second-order valence-electron chi connectivity index (χ2n) is 5.46. The van der Waals surface area contributed by atoms with E-state index >= 15 is 0 Å². The highest BCUT2D eigenvalue weighted by Crippen LogP contribution is 2.41. The molecule has 1 aliphatic heterocycles. The fourth-order valence-electron chi connectivity index (χ4n) is 2.65. The number of aryl methyl sites for hydroxylation is 1. The van der Waals surface area contributed by atoms with Crippen molar-refractivity contribution in [1.82, 2.24) is 0 Å². The number of para-hydroxylation sites is 1. The van der Waals surface area contributed by atoms with Gasteiger partial charge in [0.25, 0.3) is 0 Å². The normalized spacial score (nSPS) is 20.2. The molecule has 3 nitrogen and oxygen atoms in total. The number of hydrogen-bond acceptors (Lipinski definition) is 2. The van der Waals surface area contributed by atoms with Crippen LogP contribution in [0.5, 0.6) is 5.75 Å². The Kier molecular flexibility index (Phi) is 3.05. The third-order valence-electron chi connectivity index (χ3n) is 3.91. The molecule has 0 spiro atoms. The zero-order valence-electron chi connectivity index (χ0n) is 12.1. The van der Waals surface area contributed by atoms with Gasteiger partial charge in [-0.2, -0.15) is 0 Å². The van der Waals surface area contributed by atoms with E-state index < -0.39 is 11.5 Å². The van der Waals surface area contributed by atoms with Crippen molar-refractivity contribution < 1.29 is 9.53 Å². The summed E-state index contributed by atoms with van der Waals surface area (Å²) < 4.78 is 6.15. The highest BCUT2D eigenvalue weighted by atomic mass is 16.5. The molecule has 0 saturated carbocycles. The van der Waals surface area contributed by atoms with Crippen molar-refractivity contribution in [3.05, 3.63) is 70.8 Å². The van der Waals surface area contributed by atoms with Gasteiger partial charge in [0.15, 0.2) is 5.60 Å². The summed E-state index contributed by atoms with van der Waals surface area (Å²) in [6, 6.07) is 15.6. The molecule has 1 heterocycles. The average molecular weight is 279 g/mol. The number of nitrogens with two attached hydrogens (primary N) is 1. The van der Waals surface area contributed by atoms with Crippen molar-refractivity contribution in [2.45, 2.75) is 19.4 Å². The lowest BCUT2D eigenvalue weighted by molar-refractivity contribution is -0.116. The zero-order valence-corrected chi connectivity index (χ0v) is 12.1. The molecule has 1 amide bonds. The maximum atomic E-state index is 11.9. The van der Waals surface area contributed by atoms with Crippen LogP contribution in [0.15, 0.2) is 54.1 Å². The molecule has 1 atom stereocenters. The molecule has 0 radical (unpaired) electrons. The largest absolute Gasteiger partial charge is 0.477 e. The minimum atomic E-state index is -0.867. The lowest BCUT2D eigenvalue weighted by Gasteiger charge is -2.36. The summed E-state index contributed by atoms with van der Waals surface area (Å²) in [5, 5.41) is 0. The van der Waals surface area contributed by atoms with Crippen molar-refractivity contribution in [2.75, 3.05) is 0 Å². The maximum absolute atomic E-state index is 11.9. The van der Waals surface area contributed by atoms with E-state index in [1.165, 1.54) is 0 Å². The molecule has 0 aliphatic carbocycles. The SMILES string of the molecule is Cc1ccc(C2(C)Oc3ccccc3C=C2C(N)=O)cc1. The predicted molar refractivity (Wildman–Crippen MR) is 82.8 cm³/mol. The highest BCUT2D eigenvalue weighted by Gasteiger charge is 2.39. The van der Waals surface area contributed by atoms with Crippen LogP contribution >= 0.6 is 0 Å². The summed E-state index contributed by atoms with van der Waals surface area (Å²) in [5.74, 6) is 0.290. The molecule has 106 valence electrons. The molecule has 3 heteroatoms. The van der Waals surface area contributed by atoms with Gasteiger partial charge >= 0.3 is 0 Å². The Labute approximate surface area is 124 Å². The minimum Gasteiger partial charge on any atom is -0.477 e. The summed E-state index contributed by atoms with van der Waals surface area (Å²) in [6.45, 7) is 3.90. The van der Waals surface area contributed by atoms with Crippen molar-refractivity contribution in [3.63, 3.8) is 0 Å². The molecule has 0 fully saturated rings. The topological polar surface area (TPSA) is 52.3 Å². The van der Waals surface area contributed by atoms with Gasteiger partial charge in [-0.25, -0.2) is 0 Å². The Morgan fingerprint density at radius 1 is 1.10 bits per heavy atom. The second kappa shape index (κ2) is 4.77. The maximum Gasteiger partial charge on any atom is 0.249 e. The summed E-state index contributed by atoms with van der Waals surface area (Å²) in [6.07, 6.45) is 1.82. The van der Waals surface area contributed by atoms with E-state index in [1.807, 2.05) is 68.5 Å². The van der Waals surface area contributed by atoms with Gasteiger partial charge in [-0.05, 0) is 31.6 Å². The number of primary amides is 1. The summed E-state index contributed by atoms with van der Waals surface area (Å²) in [7, 11) is 0. The van der Waals surface area contributed by atoms with Crippen LogP contribution in [-0.4, -0.2) is 5.91 Å². The van der Waals surface area contributed by atoms with Crippen LogP contribution in [0.4, 0.5) is 0 Å². The third kappa shape index (κ3) is 2.21. The summed E-state index contributed by atoms with van der Waals surface area (Å²) >= 11 is 0. The van der Waals surface area contributed by atoms with Crippen LogP contribution in [0.1, 0.15) is 23.6 Å². The van der Waals surface area contributed by atoms with E-state index in [0.29, 0.717) is 5.57 Å². The number of rotatable bonds is 2. The van der Waals surface area contributed by atoms with E-state index in [9.17, 15) is 4.79 Å². The van der Waals surface area contributed by atoms with E-state index in [2.05, 4.69) is 0 Å². The predicted octanol–water partition coefficient (Wildman–Crippen LogP) is 3.17. The van der Waals surface area contributed by atoms with Gasteiger partial charge in [0.05, 0.1) is 5.57 Å². The summed E-state index contributed by atoms with van der Waals surface area (Å²) in [4.78, 5) is 11.9. The Bertz CT molecular complexity index is 731. The van der Waals surface area contributed by atoms with E-state index in [4.69, 9.17) is 10.5 Å². The lowest BCUT2D eigenvalue weighted by Crippen LogP contribution is -2.39. The average Bonchev–Trinajstić information content (AvgIpc) is 2.46. The molecule has 2 aromatic rings. The molecule has 1 aliphatic rings. The van der Waals surface area contributed by atoms with Gasteiger partial charge in [-0.1, -0.05) is 48.0 Å². The molecule has 0 bridgehead atoms. The molecule has 3 rings (SSSR count). The fourth-order valence-corrected chi connectivity index (χ4v) is 2.65. The van der Waals surface area contributed by atoms with Gasteiger partial charge in [0, 0.05) is 5.56 Å².